The van der Waals surface area contributed by atoms with E-state index in [1.54, 1.807) is 0 Å². The van der Waals surface area contributed by atoms with Crippen LogP contribution in [0, 0.1) is 0 Å². The van der Waals surface area contributed by atoms with Crippen LogP contribution in [0.1, 0.15) is 23.5 Å². The number of amides is 1. The van der Waals surface area contributed by atoms with Gasteiger partial charge in [-0.1, -0.05) is 0 Å². The third-order valence-electron chi connectivity index (χ3n) is 1.27. The third kappa shape index (κ3) is 1.56. The second kappa shape index (κ2) is 2.71. The van der Waals surface area contributed by atoms with Crippen molar-refractivity contribution in [2.45, 2.75) is 13.2 Å². The average molecular weight is 155 g/mol. The lowest BCUT2D eigenvalue weighted by atomic mass is 10.3. The Morgan fingerprint density at radius 2 is 2.55 bits per heavy atom. The number of aromatic nitrogens is 2. The number of hydrogen-bond acceptors (Lipinski definition) is 3. The van der Waals surface area contributed by atoms with Crippen molar-refractivity contribution in [3.63, 3.8) is 0 Å². The van der Waals surface area contributed by atoms with Crippen LogP contribution in [-0.4, -0.2) is 20.8 Å². The molecule has 1 aromatic rings. The maximum Gasteiger partial charge on any atom is 0.251 e. The van der Waals surface area contributed by atoms with Gasteiger partial charge in [0.25, 0.3) is 5.91 Å². The molecule has 60 valence electrons. The minimum atomic E-state index is -0.733. The van der Waals surface area contributed by atoms with Crippen LogP contribution in [0.5, 0.6) is 0 Å². The molecule has 1 unspecified atom stereocenters. The summed E-state index contributed by atoms with van der Waals surface area (Å²) >= 11 is 0. The Bertz CT molecular complexity index is 267. The van der Waals surface area contributed by atoms with Crippen LogP contribution in [0.4, 0.5) is 0 Å². The average Bonchev–Trinajstić information content (AvgIpc) is 2.33. The van der Waals surface area contributed by atoms with Crippen molar-refractivity contribution in [3.05, 3.63) is 18.0 Å². The highest BCUT2D eigenvalue weighted by atomic mass is 16.3. The van der Waals surface area contributed by atoms with Gasteiger partial charge in [-0.15, -0.1) is 0 Å². The standard InChI is InChI=1S/C6H9N3O2/c1-4(10)9-3-5(2-8-9)6(7)11/h2-4,10H,1H3,(H2,7,11). The number of carbonyl (C=O) groups excluding carboxylic acids is 1. The highest BCUT2D eigenvalue weighted by molar-refractivity contribution is 5.92. The highest BCUT2D eigenvalue weighted by Crippen LogP contribution is 2.01. The van der Waals surface area contributed by atoms with Crippen LogP contribution >= 0.6 is 0 Å². The Kier molecular flexibility index (Phi) is 1.91. The molecule has 0 bridgehead atoms. The van der Waals surface area contributed by atoms with E-state index in [2.05, 4.69) is 5.10 Å². The van der Waals surface area contributed by atoms with E-state index in [0.717, 1.165) is 0 Å². The summed E-state index contributed by atoms with van der Waals surface area (Å²) in [6, 6.07) is 0. The number of carbonyl (C=O) groups is 1. The van der Waals surface area contributed by atoms with Crippen LogP contribution in [0.2, 0.25) is 0 Å². The van der Waals surface area contributed by atoms with Gasteiger partial charge in [0.15, 0.2) is 0 Å². The molecule has 0 saturated heterocycles. The smallest absolute Gasteiger partial charge is 0.251 e. The van der Waals surface area contributed by atoms with Gasteiger partial charge in [0.05, 0.1) is 11.8 Å². The van der Waals surface area contributed by atoms with E-state index in [4.69, 9.17) is 10.8 Å². The monoisotopic (exact) mass is 155 g/mol. The van der Waals surface area contributed by atoms with E-state index >= 15 is 0 Å². The van der Waals surface area contributed by atoms with Crippen molar-refractivity contribution in [1.29, 1.82) is 0 Å². The molecule has 0 radical (unpaired) electrons. The Labute approximate surface area is 63.4 Å². The molecule has 5 heteroatoms. The van der Waals surface area contributed by atoms with Gasteiger partial charge < -0.3 is 10.8 Å². The maximum absolute atomic E-state index is 10.5. The summed E-state index contributed by atoms with van der Waals surface area (Å²) in [4.78, 5) is 10.5. The number of nitrogens with zero attached hydrogens (tertiary/aromatic N) is 2. The normalized spacial score (nSPS) is 12.9. The quantitative estimate of drug-likeness (QED) is 0.603. The SMILES string of the molecule is CC(O)n1cc(C(N)=O)cn1. The van der Waals surface area contributed by atoms with Gasteiger partial charge >= 0.3 is 0 Å². The molecule has 1 amide bonds. The van der Waals surface area contributed by atoms with Gasteiger partial charge in [0.2, 0.25) is 0 Å². The molecular weight excluding hydrogens is 146 g/mol. The Hall–Kier alpha value is -1.36. The number of aliphatic hydroxyl groups excluding tert-OH is 1. The van der Waals surface area contributed by atoms with Gasteiger partial charge in [0.1, 0.15) is 6.23 Å². The summed E-state index contributed by atoms with van der Waals surface area (Å²) in [6.07, 6.45) is 1.98. The highest BCUT2D eigenvalue weighted by Gasteiger charge is 2.05. The molecule has 1 heterocycles. The van der Waals surface area contributed by atoms with Crippen molar-refractivity contribution in [2.24, 2.45) is 5.73 Å². The van der Waals surface area contributed by atoms with E-state index in [-0.39, 0.29) is 0 Å². The fourth-order valence-electron chi connectivity index (χ4n) is 0.670. The van der Waals surface area contributed by atoms with Crippen LogP contribution < -0.4 is 5.73 Å². The lowest BCUT2D eigenvalue weighted by Crippen LogP contribution is -2.10. The van der Waals surface area contributed by atoms with Gasteiger partial charge in [-0.05, 0) is 6.92 Å². The first-order valence-corrected chi connectivity index (χ1v) is 3.13. The lowest BCUT2D eigenvalue weighted by Gasteiger charge is -2.01. The first-order chi connectivity index (χ1) is 5.11. The van der Waals surface area contributed by atoms with E-state index in [1.807, 2.05) is 0 Å². The number of aliphatic hydroxyl groups is 1. The molecule has 1 aromatic heterocycles. The number of primary amides is 1. The van der Waals surface area contributed by atoms with Crippen molar-refractivity contribution < 1.29 is 9.90 Å². The van der Waals surface area contributed by atoms with Crippen molar-refractivity contribution in [1.82, 2.24) is 9.78 Å². The molecule has 0 aliphatic heterocycles. The summed E-state index contributed by atoms with van der Waals surface area (Å²) < 4.78 is 1.25. The minimum Gasteiger partial charge on any atom is -0.372 e. The van der Waals surface area contributed by atoms with Crippen LogP contribution in [0.15, 0.2) is 12.4 Å². The first kappa shape index (κ1) is 7.74. The Balaban J connectivity index is 2.90. The first-order valence-electron chi connectivity index (χ1n) is 3.13. The molecule has 5 nitrogen and oxygen atoms in total. The molecule has 1 rings (SSSR count). The van der Waals surface area contributed by atoms with E-state index in [9.17, 15) is 4.79 Å². The minimum absolute atomic E-state index is 0.297. The number of hydrogen-bond donors (Lipinski definition) is 2. The fraction of sp³-hybridized carbons (Fsp3) is 0.333. The second-order valence-corrected chi connectivity index (χ2v) is 2.21. The molecule has 0 fully saturated rings. The molecule has 0 saturated carbocycles. The molecule has 3 N–H and O–H groups in total. The largest absolute Gasteiger partial charge is 0.372 e. The summed E-state index contributed by atoms with van der Waals surface area (Å²) in [5, 5.41) is 12.7. The zero-order chi connectivity index (χ0) is 8.43. The zero-order valence-electron chi connectivity index (χ0n) is 6.06. The van der Waals surface area contributed by atoms with Gasteiger partial charge in [-0.25, -0.2) is 4.68 Å². The molecular formula is C6H9N3O2. The van der Waals surface area contributed by atoms with Crippen LogP contribution in [0.25, 0.3) is 0 Å². The van der Waals surface area contributed by atoms with E-state index in [1.165, 1.54) is 24.0 Å². The van der Waals surface area contributed by atoms with E-state index in [0.29, 0.717) is 5.56 Å². The fourth-order valence-corrected chi connectivity index (χ4v) is 0.670. The number of nitrogens with two attached hydrogens (primary N) is 1. The zero-order valence-corrected chi connectivity index (χ0v) is 6.06. The molecule has 1 atom stereocenters. The van der Waals surface area contributed by atoms with Gasteiger partial charge in [-0.3, -0.25) is 4.79 Å². The second-order valence-electron chi connectivity index (χ2n) is 2.21. The molecule has 0 spiro atoms. The van der Waals surface area contributed by atoms with Crippen LogP contribution in [0.3, 0.4) is 0 Å². The Morgan fingerprint density at radius 1 is 1.91 bits per heavy atom. The maximum atomic E-state index is 10.5. The lowest BCUT2D eigenvalue weighted by molar-refractivity contribution is 0.0997. The molecule has 0 aliphatic carbocycles. The molecule has 0 aliphatic rings. The third-order valence-corrected chi connectivity index (χ3v) is 1.27. The summed E-state index contributed by atoms with van der Waals surface area (Å²) in [6.45, 7) is 1.54. The van der Waals surface area contributed by atoms with E-state index < -0.39 is 12.1 Å². The van der Waals surface area contributed by atoms with Gasteiger partial charge in [0, 0.05) is 6.20 Å². The van der Waals surface area contributed by atoms with Crippen molar-refractivity contribution in [2.75, 3.05) is 0 Å². The summed E-state index contributed by atoms with van der Waals surface area (Å²) in [5.74, 6) is -0.545. The molecule has 11 heavy (non-hydrogen) atoms. The topological polar surface area (TPSA) is 81.1 Å². The number of rotatable bonds is 2. The molecule has 0 aromatic carbocycles. The predicted octanol–water partition coefficient (Wildman–Crippen LogP) is -0.507. The Morgan fingerprint density at radius 3 is 2.82 bits per heavy atom. The van der Waals surface area contributed by atoms with Gasteiger partial charge in [-0.2, -0.15) is 5.10 Å². The summed E-state index contributed by atoms with van der Waals surface area (Å²) in [7, 11) is 0. The van der Waals surface area contributed by atoms with Crippen molar-refractivity contribution in [3.8, 4) is 0 Å². The summed E-state index contributed by atoms with van der Waals surface area (Å²) in [5.41, 5.74) is 5.25. The van der Waals surface area contributed by atoms with Crippen LogP contribution in [-0.2, 0) is 0 Å². The predicted molar refractivity (Wildman–Crippen MR) is 37.7 cm³/mol. The van der Waals surface area contributed by atoms with Crippen molar-refractivity contribution >= 4 is 5.91 Å².